The Hall–Kier alpha value is -4.48. The number of esters is 1. The van der Waals surface area contributed by atoms with Crippen molar-refractivity contribution in [3.05, 3.63) is 41.5 Å². The molecule has 3 rings (SSSR count). The molecule has 12 nitrogen and oxygen atoms in total. The Kier molecular flexibility index (Phi) is 14.0. The van der Waals surface area contributed by atoms with Crippen molar-refractivity contribution in [3.8, 4) is 28.4 Å². The molecule has 12 heteroatoms. The summed E-state index contributed by atoms with van der Waals surface area (Å²) in [5.74, 6) is -0.708. The topological polar surface area (TPSA) is 151 Å². The van der Waals surface area contributed by atoms with Crippen LogP contribution in [0.3, 0.4) is 0 Å². The summed E-state index contributed by atoms with van der Waals surface area (Å²) < 4.78 is 29.9. The molecule has 3 amide bonds. The van der Waals surface area contributed by atoms with Crippen LogP contribution in [0.5, 0.6) is 17.2 Å². The van der Waals surface area contributed by atoms with Gasteiger partial charge in [-0.05, 0) is 111 Å². The molecule has 4 atom stereocenters. The SMILES string of the molecule is CC[C@H](C)[C@@H]1NC(=O)[C@@H](NC(=O)OC(C)(C)C)Cc2ccc(OC)c(c2)-c2cc(cc(OC(C)C)c2OC(C)C)C[C@@H](C(=O)OC(C)(C)C)NC1=O. The predicted molar refractivity (Wildman–Crippen MR) is 200 cm³/mol. The van der Waals surface area contributed by atoms with Crippen molar-refractivity contribution in [3.63, 3.8) is 0 Å². The molecule has 52 heavy (non-hydrogen) atoms. The average molecular weight is 726 g/mol. The van der Waals surface area contributed by atoms with Gasteiger partial charge in [0, 0.05) is 24.0 Å². The fourth-order valence-corrected chi connectivity index (χ4v) is 5.68. The van der Waals surface area contributed by atoms with Gasteiger partial charge in [-0.2, -0.15) is 0 Å². The molecule has 0 unspecified atom stereocenters. The van der Waals surface area contributed by atoms with Gasteiger partial charge in [0.25, 0.3) is 0 Å². The fraction of sp³-hybridized carbons (Fsp3) is 0.600. The molecule has 0 spiro atoms. The van der Waals surface area contributed by atoms with Crippen molar-refractivity contribution in [2.75, 3.05) is 7.11 Å². The largest absolute Gasteiger partial charge is 0.496 e. The number of rotatable bonds is 9. The van der Waals surface area contributed by atoms with Crippen LogP contribution in [-0.2, 0) is 36.7 Å². The lowest BCUT2D eigenvalue weighted by Gasteiger charge is -2.30. The highest BCUT2D eigenvalue weighted by Gasteiger charge is 2.35. The number of methoxy groups -OCH3 is 1. The molecule has 3 N–H and O–H groups in total. The van der Waals surface area contributed by atoms with Crippen LogP contribution in [0.2, 0.25) is 0 Å². The first-order valence-electron chi connectivity index (χ1n) is 18.1. The Morgan fingerprint density at radius 3 is 1.96 bits per heavy atom. The van der Waals surface area contributed by atoms with Crippen LogP contribution in [0, 0.1) is 5.92 Å². The molecule has 1 aliphatic rings. The van der Waals surface area contributed by atoms with E-state index in [4.69, 9.17) is 23.7 Å². The smallest absolute Gasteiger partial charge is 0.408 e. The van der Waals surface area contributed by atoms with E-state index < -0.39 is 53.2 Å². The first kappa shape index (κ1) is 41.9. The van der Waals surface area contributed by atoms with Crippen LogP contribution in [0.15, 0.2) is 30.3 Å². The molecule has 0 saturated heterocycles. The van der Waals surface area contributed by atoms with E-state index in [1.807, 2.05) is 65.8 Å². The number of nitrogens with one attached hydrogen (secondary N) is 3. The van der Waals surface area contributed by atoms with Crippen LogP contribution in [0.1, 0.15) is 101 Å². The average Bonchev–Trinajstić information content (AvgIpc) is 3.01. The summed E-state index contributed by atoms with van der Waals surface area (Å²) in [4.78, 5) is 55.1. The molecule has 0 saturated carbocycles. The summed E-state index contributed by atoms with van der Waals surface area (Å²) in [7, 11) is 1.56. The molecule has 0 radical (unpaired) electrons. The van der Waals surface area contributed by atoms with E-state index in [0.29, 0.717) is 45.9 Å². The molecular weight excluding hydrogens is 666 g/mol. The fourth-order valence-electron chi connectivity index (χ4n) is 5.68. The Bertz CT molecular complexity index is 1590. The molecule has 1 aliphatic heterocycles. The van der Waals surface area contributed by atoms with Crippen LogP contribution in [0.25, 0.3) is 11.1 Å². The molecule has 2 aromatic carbocycles. The van der Waals surface area contributed by atoms with Crippen molar-refractivity contribution in [1.82, 2.24) is 16.0 Å². The molecule has 2 aromatic rings. The number of carbonyl (C=O) groups is 4. The highest BCUT2D eigenvalue weighted by Crippen LogP contribution is 2.45. The third-order valence-corrected chi connectivity index (χ3v) is 8.07. The lowest BCUT2D eigenvalue weighted by Crippen LogP contribution is -2.58. The zero-order valence-corrected chi connectivity index (χ0v) is 33.1. The Labute approximate surface area is 309 Å². The number of benzene rings is 2. The predicted octanol–water partition coefficient (Wildman–Crippen LogP) is 6.29. The van der Waals surface area contributed by atoms with Gasteiger partial charge in [-0.3, -0.25) is 9.59 Å². The van der Waals surface area contributed by atoms with Gasteiger partial charge in [-0.1, -0.05) is 26.3 Å². The van der Waals surface area contributed by atoms with Crippen molar-refractivity contribution in [2.24, 2.45) is 5.92 Å². The zero-order chi connectivity index (χ0) is 39.1. The second-order valence-corrected chi connectivity index (χ2v) is 15.9. The highest BCUT2D eigenvalue weighted by molar-refractivity contribution is 5.93. The lowest BCUT2D eigenvalue weighted by molar-refractivity contribution is -0.158. The lowest BCUT2D eigenvalue weighted by atomic mass is 9.94. The van der Waals surface area contributed by atoms with Crippen LogP contribution < -0.4 is 30.2 Å². The van der Waals surface area contributed by atoms with Gasteiger partial charge >= 0.3 is 12.1 Å². The number of hydrogen-bond donors (Lipinski definition) is 3. The summed E-state index contributed by atoms with van der Waals surface area (Å²) in [5, 5.41) is 8.48. The molecule has 0 aliphatic carbocycles. The maximum Gasteiger partial charge on any atom is 0.408 e. The number of fused-ring (bicyclic) bond motifs is 5. The number of carbonyl (C=O) groups excluding carboxylic acids is 4. The monoisotopic (exact) mass is 725 g/mol. The van der Waals surface area contributed by atoms with Crippen molar-refractivity contribution < 1.29 is 42.9 Å². The second-order valence-electron chi connectivity index (χ2n) is 15.9. The first-order chi connectivity index (χ1) is 24.1. The standard InChI is InChI=1S/C40H59N3O9/c1-14-24(6)33-36(45)41-30(37(46)51-39(7,8)9)20-26-18-28(34(50-23(4)5)32(21-26)49-22(2)3)27-17-25(15-16-31(27)48-13)19-29(35(44)43-33)42-38(47)52-40(10,11)12/h15-18,21-24,29-30,33H,14,19-20H2,1-13H3,(H,41,45)(H,42,47)(H,43,44)/t24-,29-,30-,33-/m0/s1. The van der Waals surface area contributed by atoms with Crippen molar-refractivity contribution in [2.45, 2.75) is 144 Å². The quantitative estimate of drug-likeness (QED) is 0.254. The van der Waals surface area contributed by atoms with Gasteiger partial charge in [0.1, 0.15) is 35.1 Å². The van der Waals surface area contributed by atoms with Gasteiger partial charge in [0.15, 0.2) is 11.5 Å². The molecule has 4 bridgehead atoms. The summed E-state index contributed by atoms with van der Waals surface area (Å²) in [6.07, 6.45) is -0.625. The van der Waals surface area contributed by atoms with E-state index in [1.165, 1.54) is 0 Å². The Morgan fingerprint density at radius 1 is 0.788 bits per heavy atom. The zero-order valence-electron chi connectivity index (χ0n) is 33.1. The highest BCUT2D eigenvalue weighted by atomic mass is 16.6. The molecule has 288 valence electrons. The van der Waals surface area contributed by atoms with Gasteiger partial charge in [0.2, 0.25) is 11.8 Å². The maximum atomic E-state index is 14.1. The number of hydrogen-bond acceptors (Lipinski definition) is 9. The van der Waals surface area contributed by atoms with Crippen molar-refractivity contribution in [1.29, 1.82) is 0 Å². The molecule has 0 aromatic heterocycles. The third kappa shape index (κ3) is 12.1. The molecule has 0 fully saturated rings. The van der Waals surface area contributed by atoms with Crippen molar-refractivity contribution >= 4 is 23.9 Å². The second kappa shape index (κ2) is 17.4. The van der Waals surface area contributed by atoms with Gasteiger partial charge in [0.05, 0.1) is 19.3 Å². The minimum atomic E-state index is -1.14. The van der Waals surface area contributed by atoms with Crippen LogP contribution >= 0.6 is 0 Å². The Morgan fingerprint density at radius 2 is 1.40 bits per heavy atom. The first-order valence-corrected chi connectivity index (χ1v) is 18.1. The molecular formula is C40H59N3O9. The van der Waals surface area contributed by atoms with Gasteiger partial charge in [-0.15, -0.1) is 0 Å². The Balaban J connectivity index is 2.39. The van der Waals surface area contributed by atoms with E-state index in [2.05, 4.69) is 16.0 Å². The molecule has 1 heterocycles. The van der Waals surface area contributed by atoms with E-state index >= 15 is 0 Å². The van der Waals surface area contributed by atoms with E-state index in [9.17, 15) is 19.2 Å². The number of amides is 3. The summed E-state index contributed by atoms with van der Waals surface area (Å²) in [6, 6.07) is 5.86. The third-order valence-electron chi connectivity index (χ3n) is 8.07. The van der Waals surface area contributed by atoms with E-state index in [-0.39, 0.29) is 31.0 Å². The van der Waals surface area contributed by atoms with E-state index in [1.54, 1.807) is 54.7 Å². The summed E-state index contributed by atoms with van der Waals surface area (Å²) in [6.45, 7) is 21.8. The number of ether oxygens (including phenoxy) is 5. The number of alkyl carbamates (subject to hydrolysis) is 1. The maximum absolute atomic E-state index is 14.1. The van der Waals surface area contributed by atoms with Crippen LogP contribution in [-0.4, -0.2) is 72.5 Å². The summed E-state index contributed by atoms with van der Waals surface area (Å²) in [5.41, 5.74) is 0.927. The van der Waals surface area contributed by atoms with E-state index in [0.717, 1.165) is 0 Å². The summed E-state index contributed by atoms with van der Waals surface area (Å²) >= 11 is 0. The van der Waals surface area contributed by atoms with Gasteiger partial charge < -0.3 is 39.6 Å². The minimum Gasteiger partial charge on any atom is -0.496 e. The van der Waals surface area contributed by atoms with Gasteiger partial charge in [-0.25, -0.2) is 9.59 Å². The minimum absolute atomic E-state index is 0.0378. The normalized spacial score (nSPS) is 19.0. The van der Waals surface area contributed by atoms with Crippen LogP contribution in [0.4, 0.5) is 4.79 Å².